The monoisotopic (exact) mass is 613 g/mol. The number of esters is 1. The van der Waals surface area contributed by atoms with Gasteiger partial charge in [0.2, 0.25) is 0 Å². The van der Waals surface area contributed by atoms with Crippen molar-refractivity contribution < 1.29 is 51.8 Å². The van der Waals surface area contributed by atoms with Crippen molar-refractivity contribution in [2.45, 2.75) is 17.6 Å². The van der Waals surface area contributed by atoms with Gasteiger partial charge < -0.3 is 20.0 Å². The molecule has 0 saturated carbocycles. The number of aromatic nitrogens is 1. The molecule has 3 amide bonds. The van der Waals surface area contributed by atoms with Crippen LogP contribution in [0.4, 0.5) is 18.3 Å². The normalized spacial score (nSPS) is 18.7. The highest BCUT2D eigenvalue weighted by Gasteiger charge is 2.54. The van der Waals surface area contributed by atoms with Crippen LogP contribution in [-0.2, 0) is 28.8 Å². The molecule has 2 aliphatic rings. The molecule has 1 fully saturated rings. The molecule has 0 aliphatic carbocycles. The van der Waals surface area contributed by atoms with Crippen molar-refractivity contribution in [2.24, 2.45) is 5.16 Å². The molecule has 0 bridgehead atoms. The summed E-state index contributed by atoms with van der Waals surface area (Å²) in [6, 6.07) is 6.84. The molecule has 1 saturated heterocycles. The van der Waals surface area contributed by atoms with Crippen LogP contribution in [0.5, 0.6) is 0 Å². The number of benzene rings is 1. The van der Waals surface area contributed by atoms with Crippen LogP contribution >= 0.6 is 23.1 Å². The van der Waals surface area contributed by atoms with Crippen molar-refractivity contribution in [1.82, 2.24) is 15.2 Å². The van der Waals surface area contributed by atoms with Crippen molar-refractivity contribution in [3.8, 4) is 0 Å². The van der Waals surface area contributed by atoms with Gasteiger partial charge >= 0.3 is 24.0 Å². The Morgan fingerprint density at radius 3 is 2.56 bits per heavy atom. The third-order valence-electron chi connectivity index (χ3n) is 5.55. The first-order chi connectivity index (χ1) is 19.4. The number of β-lactam (4-membered cyclic amide) rings is 1. The lowest BCUT2D eigenvalue weighted by atomic mass is 10.0. The number of hydrogen-bond donors (Lipinski definition) is 3. The number of amides is 3. The molecule has 4 rings (SSSR count). The fraction of sp³-hybridized carbons (Fsp3) is 0.261. The van der Waals surface area contributed by atoms with E-state index in [4.69, 9.17) is 4.74 Å². The van der Waals surface area contributed by atoms with Gasteiger partial charge in [-0.25, -0.2) is 14.6 Å². The van der Waals surface area contributed by atoms with Gasteiger partial charge in [-0.2, -0.15) is 13.2 Å². The highest BCUT2D eigenvalue weighted by molar-refractivity contribution is 8.00. The maximum Gasteiger partial charge on any atom is 0.471 e. The molecule has 3 heterocycles. The largest absolute Gasteiger partial charge is 0.477 e. The highest BCUT2D eigenvalue weighted by atomic mass is 32.2. The Morgan fingerprint density at radius 2 is 1.93 bits per heavy atom. The van der Waals surface area contributed by atoms with Gasteiger partial charge in [0.15, 0.2) is 10.8 Å². The van der Waals surface area contributed by atoms with E-state index in [-0.39, 0.29) is 34.9 Å². The Bertz CT molecular complexity index is 1460. The molecule has 3 N–H and O–H groups in total. The molecule has 0 spiro atoms. The minimum absolute atomic E-state index is 0.0673. The number of nitrogens with one attached hydrogen (secondary N) is 2. The number of aliphatic carboxylic acids is 1. The first-order valence-electron chi connectivity index (χ1n) is 11.3. The van der Waals surface area contributed by atoms with Gasteiger partial charge in [-0.3, -0.25) is 24.6 Å². The summed E-state index contributed by atoms with van der Waals surface area (Å²) < 4.78 is 42.8. The number of carbonyl (C=O) groups excluding carboxylic acids is 4. The third-order valence-corrected chi connectivity index (χ3v) is 7.64. The third kappa shape index (κ3) is 6.32. The lowest BCUT2D eigenvalue weighted by molar-refractivity contribution is -0.167. The van der Waals surface area contributed by atoms with Crippen molar-refractivity contribution in [3.63, 3.8) is 0 Å². The second-order valence-corrected chi connectivity index (χ2v) is 10.1. The van der Waals surface area contributed by atoms with E-state index < -0.39 is 58.1 Å². The number of halogens is 3. The van der Waals surface area contributed by atoms with E-state index in [0.29, 0.717) is 11.3 Å². The van der Waals surface area contributed by atoms with Crippen LogP contribution in [0.1, 0.15) is 16.1 Å². The van der Waals surface area contributed by atoms with E-state index in [1.165, 1.54) is 12.1 Å². The van der Waals surface area contributed by atoms with Crippen molar-refractivity contribution in [1.29, 1.82) is 0 Å². The summed E-state index contributed by atoms with van der Waals surface area (Å²) in [6.07, 6.45) is -5.16. The first-order valence-corrected chi connectivity index (χ1v) is 13.2. The molecule has 18 heteroatoms. The Kier molecular flexibility index (Phi) is 8.62. The number of thioether (sulfide) groups is 1. The molecule has 1 aromatic heterocycles. The Morgan fingerprint density at radius 1 is 1.22 bits per heavy atom. The summed E-state index contributed by atoms with van der Waals surface area (Å²) in [5.41, 5.74) is -0.692. The lowest BCUT2D eigenvalue weighted by Gasteiger charge is -2.49. The van der Waals surface area contributed by atoms with E-state index in [0.717, 1.165) is 29.2 Å². The van der Waals surface area contributed by atoms with Gasteiger partial charge in [-0.1, -0.05) is 23.4 Å². The van der Waals surface area contributed by atoms with Gasteiger partial charge in [0.1, 0.15) is 36.5 Å². The number of carbonyl (C=O) groups is 5. The molecule has 216 valence electrons. The standard InChI is InChI=1S/C23H18F3N5O8S2/c1-38-30-13(12-9-41-22(27-12)29-21(37)23(24,25)26)16(32)28-14-17(33)31-15(19(34)35)11(8-40-18(14)31)7-39-20(36)10-5-3-2-4-6-10/h2-6,9,14,18H,7-8H2,1H3,(H,28,32)(H,34,35)(H,27,29,37)/b30-13+/t14?,18-/m1/s1. The summed E-state index contributed by atoms with van der Waals surface area (Å²) in [6.45, 7) is -0.377. The lowest BCUT2D eigenvalue weighted by Crippen LogP contribution is -2.71. The minimum atomic E-state index is -5.16. The smallest absolute Gasteiger partial charge is 0.471 e. The molecule has 2 aromatic rings. The van der Waals surface area contributed by atoms with Gasteiger partial charge in [-0.05, 0) is 12.1 Å². The molecule has 1 unspecified atom stereocenters. The summed E-state index contributed by atoms with van der Waals surface area (Å²) in [5.74, 6) is -6.07. The van der Waals surface area contributed by atoms with Crippen LogP contribution in [0.3, 0.4) is 0 Å². The van der Waals surface area contributed by atoms with Gasteiger partial charge in [-0.15, -0.1) is 23.1 Å². The predicted molar refractivity (Wildman–Crippen MR) is 137 cm³/mol. The number of ether oxygens (including phenoxy) is 1. The predicted octanol–water partition coefficient (Wildman–Crippen LogP) is 1.59. The van der Waals surface area contributed by atoms with Crippen LogP contribution in [0.15, 0.2) is 52.1 Å². The molecule has 2 aliphatic heterocycles. The molecule has 2 atom stereocenters. The number of fused-ring (bicyclic) bond motifs is 1. The zero-order chi connectivity index (χ0) is 29.9. The Hall–Kier alpha value is -4.45. The fourth-order valence-corrected chi connectivity index (χ4v) is 5.74. The van der Waals surface area contributed by atoms with E-state index >= 15 is 0 Å². The van der Waals surface area contributed by atoms with Crippen molar-refractivity contribution >= 4 is 63.6 Å². The number of nitrogens with zero attached hydrogens (tertiary/aromatic N) is 3. The van der Waals surface area contributed by atoms with E-state index in [1.807, 2.05) is 0 Å². The molecule has 1 aromatic carbocycles. The summed E-state index contributed by atoms with van der Waals surface area (Å²) in [5, 5.41) is 17.1. The topological polar surface area (TPSA) is 177 Å². The molecular formula is C23H18F3N5O8S2. The summed E-state index contributed by atoms with van der Waals surface area (Å²) in [4.78, 5) is 70.7. The van der Waals surface area contributed by atoms with Crippen molar-refractivity contribution in [3.05, 3.63) is 58.2 Å². The van der Waals surface area contributed by atoms with Gasteiger partial charge in [0, 0.05) is 16.7 Å². The number of anilines is 1. The second-order valence-electron chi connectivity index (χ2n) is 8.17. The number of hydrogen-bond acceptors (Lipinski definition) is 11. The zero-order valence-electron chi connectivity index (χ0n) is 20.6. The summed E-state index contributed by atoms with van der Waals surface area (Å²) >= 11 is 1.70. The second kappa shape index (κ2) is 12.0. The fourth-order valence-electron chi connectivity index (χ4n) is 3.72. The summed E-state index contributed by atoms with van der Waals surface area (Å²) in [7, 11) is 1.09. The van der Waals surface area contributed by atoms with Crippen LogP contribution in [0.25, 0.3) is 0 Å². The quantitative estimate of drug-likeness (QED) is 0.163. The zero-order valence-corrected chi connectivity index (χ0v) is 22.3. The van der Waals surface area contributed by atoms with E-state index in [9.17, 15) is 42.3 Å². The number of carboxylic acid groups (broad SMARTS) is 1. The van der Waals surface area contributed by atoms with E-state index in [2.05, 4.69) is 20.3 Å². The molecule has 0 radical (unpaired) electrons. The maximum absolute atomic E-state index is 12.9. The van der Waals surface area contributed by atoms with Crippen molar-refractivity contribution in [2.75, 3.05) is 24.8 Å². The average Bonchev–Trinajstić information content (AvgIpc) is 3.40. The number of alkyl halides is 3. The Labute approximate surface area is 236 Å². The molecular weight excluding hydrogens is 595 g/mol. The Balaban J connectivity index is 1.45. The van der Waals surface area contributed by atoms with Crippen LogP contribution in [0, 0.1) is 0 Å². The maximum atomic E-state index is 12.9. The average molecular weight is 614 g/mol. The van der Waals surface area contributed by atoms with Crippen LogP contribution in [-0.4, -0.2) is 87.4 Å². The number of carboxylic acids is 1. The van der Waals surface area contributed by atoms with Crippen LogP contribution < -0.4 is 10.6 Å². The SMILES string of the molecule is CO/N=C(/C(=O)NC1C(=O)N2C(C(=O)O)=C(COC(=O)c3ccccc3)CS[C@H]12)c1csc(NC(=O)C(F)(F)F)n1. The number of oxime groups is 1. The number of thiazole rings is 1. The molecule has 13 nitrogen and oxygen atoms in total. The molecule has 41 heavy (non-hydrogen) atoms. The van der Waals surface area contributed by atoms with E-state index in [1.54, 1.807) is 23.5 Å². The first kappa shape index (κ1) is 29.5. The van der Waals surface area contributed by atoms with Gasteiger partial charge in [0.25, 0.3) is 11.8 Å². The van der Waals surface area contributed by atoms with Crippen LogP contribution in [0.2, 0.25) is 0 Å². The number of rotatable bonds is 9. The highest BCUT2D eigenvalue weighted by Crippen LogP contribution is 2.40. The van der Waals surface area contributed by atoms with Gasteiger partial charge in [0.05, 0.1) is 5.56 Å². The minimum Gasteiger partial charge on any atom is -0.477 e.